The Labute approximate surface area is 107 Å². The maximum absolute atomic E-state index is 11.9. The summed E-state index contributed by atoms with van der Waals surface area (Å²) >= 11 is 0. The van der Waals surface area contributed by atoms with E-state index in [9.17, 15) is 16.8 Å². The highest BCUT2D eigenvalue weighted by Crippen LogP contribution is 2.25. The maximum atomic E-state index is 11.9. The first-order chi connectivity index (χ1) is 8.30. The van der Waals surface area contributed by atoms with Crippen molar-refractivity contribution in [1.82, 2.24) is 0 Å². The van der Waals surface area contributed by atoms with Gasteiger partial charge in [-0.25, -0.2) is 8.42 Å². The highest BCUT2D eigenvalue weighted by atomic mass is 32.2. The predicted molar refractivity (Wildman–Crippen MR) is 66.3 cm³/mol. The van der Waals surface area contributed by atoms with E-state index in [2.05, 4.69) is 0 Å². The summed E-state index contributed by atoms with van der Waals surface area (Å²) in [5.41, 5.74) is 0. The Hall–Kier alpha value is -0.920. The molecule has 1 fully saturated rings. The van der Waals surface area contributed by atoms with E-state index in [1.54, 1.807) is 25.1 Å². The lowest BCUT2D eigenvalue weighted by atomic mass is 10.1. The fourth-order valence-electron chi connectivity index (χ4n) is 1.92. The van der Waals surface area contributed by atoms with E-state index < -0.39 is 26.1 Å². The summed E-state index contributed by atoms with van der Waals surface area (Å²) in [6.07, 6.45) is -0.791. The van der Waals surface area contributed by atoms with Crippen LogP contribution in [0.15, 0.2) is 35.2 Å². The van der Waals surface area contributed by atoms with Crippen LogP contribution in [0.2, 0.25) is 0 Å². The molecule has 0 N–H and O–H groups in total. The monoisotopic (exact) mass is 290 g/mol. The molecule has 2 atom stereocenters. The van der Waals surface area contributed by atoms with Gasteiger partial charge >= 0.3 is 0 Å². The van der Waals surface area contributed by atoms with Crippen molar-refractivity contribution in [2.45, 2.75) is 17.9 Å². The smallest absolute Gasteiger partial charge is 0.262 e. The minimum absolute atomic E-state index is 0.0258. The molecule has 0 aromatic heterocycles. The van der Waals surface area contributed by atoms with Gasteiger partial charge in [-0.1, -0.05) is 25.1 Å². The molecule has 1 aliphatic heterocycles. The third-order valence-corrected chi connectivity index (χ3v) is 6.07. The minimum atomic E-state index is -3.89. The third-order valence-electron chi connectivity index (χ3n) is 2.85. The first kappa shape index (κ1) is 13.5. The molecule has 0 saturated carbocycles. The molecule has 7 heteroatoms. The second kappa shape index (κ2) is 4.64. The lowest BCUT2D eigenvalue weighted by Crippen LogP contribution is -2.24. The summed E-state index contributed by atoms with van der Waals surface area (Å²) in [7, 11) is -7.08. The molecule has 0 amide bonds. The van der Waals surface area contributed by atoms with Gasteiger partial charge in [0.1, 0.15) is 0 Å². The number of rotatable bonds is 3. The number of benzene rings is 1. The van der Waals surface area contributed by atoms with Gasteiger partial charge in [0.15, 0.2) is 9.84 Å². The van der Waals surface area contributed by atoms with Crippen LogP contribution in [0.5, 0.6) is 0 Å². The van der Waals surface area contributed by atoms with Crippen molar-refractivity contribution in [3.63, 3.8) is 0 Å². The van der Waals surface area contributed by atoms with E-state index in [0.29, 0.717) is 0 Å². The van der Waals surface area contributed by atoms with Crippen LogP contribution in [-0.2, 0) is 24.1 Å². The highest BCUT2D eigenvalue weighted by Gasteiger charge is 2.38. The van der Waals surface area contributed by atoms with Crippen molar-refractivity contribution in [3.8, 4) is 0 Å². The second-order valence-electron chi connectivity index (χ2n) is 4.46. The van der Waals surface area contributed by atoms with E-state index in [1.165, 1.54) is 12.1 Å². The van der Waals surface area contributed by atoms with Gasteiger partial charge in [-0.15, -0.1) is 0 Å². The van der Waals surface area contributed by atoms with Crippen LogP contribution in [0, 0.1) is 5.92 Å². The molecule has 1 saturated heterocycles. The highest BCUT2D eigenvalue weighted by molar-refractivity contribution is 7.91. The molecule has 18 heavy (non-hydrogen) atoms. The van der Waals surface area contributed by atoms with Gasteiger partial charge < -0.3 is 0 Å². The molecule has 1 aliphatic rings. The first-order valence-electron chi connectivity index (χ1n) is 5.49. The Morgan fingerprint density at radius 1 is 1.17 bits per heavy atom. The third kappa shape index (κ3) is 2.90. The molecule has 0 aliphatic carbocycles. The molecule has 0 bridgehead atoms. The van der Waals surface area contributed by atoms with Crippen LogP contribution in [0.3, 0.4) is 0 Å². The topological polar surface area (TPSA) is 77.5 Å². The number of hydrogen-bond acceptors (Lipinski definition) is 5. The quantitative estimate of drug-likeness (QED) is 0.770. The maximum Gasteiger partial charge on any atom is 0.297 e. The largest absolute Gasteiger partial charge is 0.297 e. The Bertz CT molecular complexity index is 619. The summed E-state index contributed by atoms with van der Waals surface area (Å²) in [6.45, 7) is 1.68. The average molecular weight is 290 g/mol. The molecular weight excluding hydrogens is 276 g/mol. The summed E-state index contributed by atoms with van der Waals surface area (Å²) in [4.78, 5) is 0.0431. The van der Waals surface area contributed by atoms with E-state index in [-0.39, 0.29) is 22.3 Å². The van der Waals surface area contributed by atoms with E-state index in [1.807, 2.05) is 0 Å². The molecule has 1 aromatic rings. The predicted octanol–water partition coefficient (Wildman–Crippen LogP) is 0.825. The Balaban J connectivity index is 2.20. The molecule has 5 nitrogen and oxygen atoms in total. The van der Waals surface area contributed by atoms with Gasteiger partial charge in [0.2, 0.25) is 0 Å². The van der Waals surface area contributed by atoms with Crippen LogP contribution >= 0.6 is 0 Å². The zero-order valence-electron chi connectivity index (χ0n) is 9.81. The summed E-state index contributed by atoms with van der Waals surface area (Å²) in [6, 6.07) is 7.71. The molecule has 0 spiro atoms. The van der Waals surface area contributed by atoms with Crippen molar-refractivity contribution in [3.05, 3.63) is 30.3 Å². The summed E-state index contributed by atoms with van der Waals surface area (Å²) < 4.78 is 51.7. The molecule has 0 unspecified atom stereocenters. The second-order valence-corrected chi connectivity index (χ2v) is 8.18. The van der Waals surface area contributed by atoms with Crippen LogP contribution in [0.4, 0.5) is 0 Å². The Morgan fingerprint density at radius 2 is 1.78 bits per heavy atom. The van der Waals surface area contributed by atoms with Crippen molar-refractivity contribution in [2.75, 3.05) is 11.5 Å². The number of hydrogen-bond donors (Lipinski definition) is 0. The van der Waals surface area contributed by atoms with Crippen LogP contribution in [0.25, 0.3) is 0 Å². The van der Waals surface area contributed by atoms with Gasteiger partial charge in [0.05, 0.1) is 22.5 Å². The van der Waals surface area contributed by atoms with Crippen molar-refractivity contribution in [2.24, 2.45) is 5.92 Å². The van der Waals surface area contributed by atoms with Gasteiger partial charge in [-0.05, 0) is 18.1 Å². The molecule has 0 radical (unpaired) electrons. The van der Waals surface area contributed by atoms with Crippen LogP contribution < -0.4 is 0 Å². The fraction of sp³-hybridized carbons (Fsp3) is 0.455. The lowest BCUT2D eigenvalue weighted by Gasteiger charge is -2.14. The SMILES string of the molecule is C[C@H]1CS(=O)(=O)C[C@@H]1OS(=O)(=O)c1ccccc1. The molecule has 1 heterocycles. The van der Waals surface area contributed by atoms with Crippen molar-refractivity contribution in [1.29, 1.82) is 0 Å². The fourth-order valence-corrected chi connectivity index (χ4v) is 5.24. The summed E-state index contributed by atoms with van der Waals surface area (Å²) in [5.74, 6) is -0.573. The zero-order valence-corrected chi connectivity index (χ0v) is 11.4. The van der Waals surface area contributed by atoms with Crippen molar-refractivity contribution < 1.29 is 21.0 Å². The van der Waals surface area contributed by atoms with Gasteiger partial charge in [0, 0.05) is 0 Å². The van der Waals surface area contributed by atoms with Crippen LogP contribution in [0.1, 0.15) is 6.92 Å². The number of sulfone groups is 1. The van der Waals surface area contributed by atoms with E-state index >= 15 is 0 Å². The van der Waals surface area contributed by atoms with E-state index in [0.717, 1.165) is 0 Å². The van der Waals surface area contributed by atoms with Gasteiger partial charge in [-0.2, -0.15) is 8.42 Å². The molecule has 1 aromatic carbocycles. The van der Waals surface area contributed by atoms with Gasteiger partial charge in [-0.3, -0.25) is 4.18 Å². The van der Waals surface area contributed by atoms with Crippen LogP contribution in [-0.4, -0.2) is 34.4 Å². The van der Waals surface area contributed by atoms with Crippen molar-refractivity contribution >= 4 is 20.0 Å². The Morgan fingerprint density at radius 3 is 2.28 bits per heavy atom. The van der Waals surface area contributed by atoms with Gasteiger partial charge in [0.25, 0.3) is 10.1 Å². The molecule has 100 valence electrons. The normalized spacial score (nSPS) is 27.2. The molecular formula is C11H14O5S2. The first-order valence-corrected chi connectivity index (χ1v) is 8.72. The summed E-state index contributed by atoms with van der Waals surface area (Å²) in [5, 5.41) is 0. The zero-order chi connectivity index (χ0) is 13.4. The minimum Gasteiger partial charge on any atom is -0.262 e. The standard InChI is InChI=1S/C11H14O5S2/c1-9-7-17(12,13)8-11(9)16-18(14,15)10-5-3-2-4-6-10/h2-6,9,11H,7-8H2,1H3/t9-,11-/m0/s1. The average Bonchev–Trinajstić information content (AvgIpc) is 2.52. The van der Waals surface area contributed by atoms with E-state index in [4.69, 9.17) is 4.18 Å². The lowest BCUT2D eigenvalue weighted by molar-refractivity contribution is 0.192. The Kier molecular flexibility index (Phi) is 3.48. The molecule has 2 rings (SSSR count).